The van der Waals surface area contributed by atoms with E-state index < -0.39 is 0 Å². The van der Waals surface area contributed by atoms with Crippen LogP contribution in [-0.2, 0) is 25.5 Å². The Hall–Kier alpha value is -1.96. The van der Waals surface area contributed by atoms with Crippen molar-refractivity contribution in [3.05, 3.63) is 29.8 Å². The third-order valence-electron chi connectivity index (χ3n) is 3.47. The average molecular weight is 410 g/mol. The van der Waals surface area contributed by atoms with Gasteiger partial charge in [0.2, 0.25) is 11.8 Å². The Bertz CT molecular complexity index is 565. The second-order valence-corrected chi connectivity index (χ2v) is 6.96. The molecule has 7 heteroatoms. The summed E-state index contributed by atoms with van der Waals surface area (Å²) >= 11 is 0. The molecule has 0 saturated carbocycles. The van der Waals surface area contributed by atoms with Gasteiger partial charge in [-0.15, -0.1) is 0 Å². The van der Waals surface area contributed by atoms with Crippen molar-refractivity contribution in [1.82, 2.24) is 10.2 Å². The lowest BCUT2D eigenvalue weighted by Gasteiger charge is -2.10. The predicted molar refractivity (Wildman–Crippen MR) is 118 cm³/mol. The molecule has 0 heterocycles. The Balaban J connectivity index is 0.00000245. The van der Waals surface area contributed by atoms with Crippen molar-refractivity contribution in [3.63, 3.8) is 0 Å². The number of carbonyl (C=O) groups is 2. The zero-order valence-electron chi connectivity index (χ0n) is 18.8. The fourth-order valence-corrected chi connectivity index (χ4v) is 2.21. The standard InChI is InChI=1S/C19H31N3O4.C3H8/c1-4-6-16-7-5-8-17(13-16)21-19(24)15-26-12-11-25-14-18(23)20-9-10-22(2)3;1-3-2/h5,7-8,13H,4,6,9-12,14-15H2,1-3H3,(H,20,23)(H,21,24);3H2,1-2H3. The molecule has 7 nitrogen and oxygen atoms in total. The highest BCUT2D eigenvalue weighted by atomic mass is 16.5. The van der Waals surface area contributed by atoms with Gasteiger partial charge in [-0.3, -0.25) is 9.59 Å². The van der Waals surface area contributed by atoms with Crippen molar-refractivity contribution in [2.24, 2.45) is 0 Å². The summed E-state index contributed by atoms with van der Waals surface area (Å²) in [7, 11) is 3.89. The van der Waals surface area contributed by atoms with Crippen molar-refractivity contribution in [3.8, 4) is 0 Å². The molecular weight excluding hydrogens is 370 g/mol. The number of nitrogens with one attached hydrogen (secondary N) is 2. The first kappa shape index (κ1) is 27.0. The molecule has 0 aliphatic rings. The van der Waals surface area contributed by atoms with E-state index in [0.717, 1.165) is 25.1 Å². The lowest BCUT2D eigenvalue weighted by molar-refractivity contribution is -0.127. The molecular formula is C22H39N3O4. The first-order chi connectivity index (χ1) is 13.9. The van der Waals surface area contributed by atoms with Gasteiger partial charge in [0.1, 0.15) is 13.2 Å². The minimum Gasteiger partial charge on any atom is -0.369 e. The number of hydrogen-bond donors (Lipinski definition) is 2. The number of anilines is 1. The molecule has 0 aliphatic carbocycles. The Morgan fingerprint density at radius 3 is 2.21 bits per heavy atom. The number of likely N-dealkylation sites (N-methyl/N-ethyl adjacent to an activating group) is 1. The van der Waals surface area contributed by atoms with Crippen LogP contribution in [0.5, 0.6) is 0 Å². The highest BCUT2D eigenvalue weighted by molar-refractivity contribution is 5.91. The smallest absolute Gasteiger partial charge is 0.250 e. The minimum atomic E-state index is -0.208. The number of hydrogen-bond acceptors (Lipinski definition) is 5. The van der Waals surface area contributed by atoms with Gasteiger partial charge < -0.3 is 25.0 Å². The molecule has 29 heavy (non-hydrogen) atoms. The van der Waals surface area contributed by atoms with Crippen molar-refractivity contribution < 1.29 is 19.1 Å². The lowest BCUT2D eigenvalue weighted by atomic mass is 10.1. The summed E-state index contributed by atoms with van der Waals surface area (Å²) in [5.74, 6) is -0.364. The maximum absolute atomic E-state index is 11.9. The zero-order valence-corrected chi connectivity index (χ0v) is 18.8. The molecule has 2 N–H and O–H groups in total. The van der Waals surface area contributed by atoms with E-state index in [9.17, 15) is 9.59 Å². The highest BCUT2D eigenvalue weighted by Crippen LogP contribution is 2.12. The fraction of sp³-hybridized carbons (Fsp3) is 0.636. The number of ether oxygens (including phenoxy) is 2. The SMILES string of the molecule is CCC.CCCc1cccc(NC(=O)COCCOCC(=O)NCCN(C)C)c1. The third-order valence-corrected chi connectivity index (χ3v) is 3.47. The summed E-state index contributed by atoms with van der Waals surface area (Å²) in [6, 6.07) is 7.80. The molecule has 1 aromatic rings. The average Bonchev–Trinajstić information content (AvgIpc) is 2.65. The van der Waals surface area contributed by atoms with Gasteiger partial charge in [-0.1, -0.05) is 45.7 Å². The molecule has 0 unspecified atom stereocenters. The van der Waals surface area contributed by atoms with Gasteiger partial charge in [0.25, 0.3) is 0 Å². The number of benzene rings is 1. The summed E-state index contributed by atoms with van der Waals surface area (Å²) in [5.41, 5.74) is 1.97. The Labute approximate surface area is 176 Å². The molecule has 1 aromatic carbocycles. The Morgan fingerprint density at radius 2 is 1.62 bits per heavy atom. The van der Waals surface area contributed by atoms with E-state index >= 15 is 0 Å². The molecule has 0 bridgehead atoms. The van der Waals surface area contributed by atoms with Gasteiger partial charge in [-0.05, 0) is 38.2 Å². The first-order valence-corrected chi connectivity index (χ1v) is 10.4. The van der Waals surface area contributed by atoms with Crippen LogP contribution < -0.4 is 10.6 Å². The van der Waals surface area contributed by atoms with Gasteiger partial charge in [-0.25, -0.2) is 0 Å². The van der Waals surface area contributed by atoms with Gasteiger partial charge >= 0.3 is 0 Å². The van der Waals surface area contributed by atoms with Crippen LogP contribution in [0.1, 0.15) is 39.2 Å². The second kappa shape index (κ2) is 18.1. The van der Waals surface area contributed by atoms with Crippen LogP contribution in [0.2, 0.25) is 0 Å². The summed E-state index contributed by atoms with van der Waals surface area (Å²) in [5, 5.41) is 5.56. The normalized spacial score (nSPS) is 10.3. The molecule has 0 saturated heterocycles. The van der Waals surface area contributed by atoms with Gasteiger partial charge in [0.05, 0.1) is 13.2 Å². The molecule has 2 amide bonds. The van der Waals surface area contributed by atoms with E-state index in [1.165, 1.54) is 12.0 Å². The Morgan fingerprint density at radius 1 is 1.00 bits per heavy atom. The lowest BCUT2D eigenvalue weighted by Crippen LogP contribution is -2.34. The van der Waals surface area contributed by atoms with Crippen LogP contribution in [0.15, 0.2) is 24.3 Å². The van der Waals surface area contributed by atoms with Crippen molar-refractivity contribution in [2.45, 2.75) is 40.0 Å². The summed E-state index contributed by atoms with van der Waals surface area (Å²) in [4.78, 5) is 25.3. The zero-order chi connectivity index (χ0) is 21.9. The van der Waals surface area contributed by atoms with Crippen LogP contribution >= 0.6 is 0 Å². The predicted octanol–water partition coefficient (Wildman–Crippen LogP) is 2.70. The van der Waals surface area contributed by atoms with E-state index in [2.05, 4.69) is 31.4 Å². The van der Waals surface area contributed by atoms with E-state index in [1.807, 2.05) is 43.3 Å². The third kappa shape index (κ3) is 16.7. The van der Waals surface area contributed by atoms with Crippen molar-refractivity contribution >= 4 is 17.5 Å². The van der Waals surface area contributed by atoms with E-state index in [-0.39, 0.29) is 38.2 Å². The summed E-state index contributed by atoms with van der Waals surface area (Å²) < 4.78 is 10.5. The monoisotopic (exact) mass is 409 g/mol. The second-order valence-electron chi connectivity index (χ2n) is 6.96. The van der Waals surface area contributed by atoms with Crippen molar-refractivity contribution in [1.29, 1.82) is 0 Å². The number of carbonyl (C=O) groups excluding carboxylic acids is 2. The number of nitrogens with zero attached hydrogens (tertiary/aromatic N) is 1. The Kier molecular flexibility index (Phi) is 16.9. The molecule has 0 fully saturated rings. The maximum Gasteiger partial charge on any atom is 0.250 e. The number of aryl methyl sites for hydroxylation is 1. The minimum absolute atomic E-state index is 0.00674. The molecule has 1 rings (SSSR count). The van der Waals surface area contributed by atoms with Crippen LogP contribution in [0, 0.1) is 0 Å². The van der Waals surface area contributed by atoms with Gasteiger partial charge in [0.15, 0.2) is 0 Å². The topological polar surface area (TPSA) is 79.9 Å². The summed E-state index contributed by atoms with van der Waals surface area (Å²) in [6.07, 6.45) is 3.30. The van der Waals surface area contributed by atoms with E-state index in [1.54, 1.807) is 0 Å². The summed E-state index contributed by atoms with van der Waals surface area (Å²) in [6.45, 7) is 8.21. The maximum atomic E-state index is 11.9. The van der Waals surface area contributed by atoms with Crippen molar-refractivity contribution in [2.75, 3.05) is 58.9 Å². The quantitative estimate of drug-likeness (QED) is 0.490. The molecule has 0 aliphatic heterocycles. The largest absolute Gasteiger partial charge is 0.369 e. The molecule has 0 aromatic heterocycles. The fourth-order valence-electron chi connectivity index (χ4n) is 2.21. The van der Waals surface area contributed by atoms with Gasteiger partial charge in [0, 0.05) is 18.8 Å². The molecule has 0 radical (unpaired) electrons. The number of amides is 2. The first-order valence-electron chi connectivity index (χ1n) is 10.4. The molecule has 166 valence electrons. The molecule has 0 spiro atoms. The van der Waals surface area contributed by atoms with Crippen LogP contribution in [0.3, 0.4) is 0 Å². The van der Waals surface area contributed by atoms with E-state index in [0.29, 0.717) is 6.54 Å². The van der Waals surface area contributed by atoms with Crippen LogP contribution in [0.25, 0.3) is 0 Å². The van der Waals surface area contributed by atoms with Crippen LogP contribution in [-0.4, -0.2) is 70.3 Å². The highest BCUT2D eigenvalue weighted by Gasteiger charge is 2.04. The molecule has 0 atom stereocenters. The number of rotatable bonds is 13. The van der Waals surface area contributed by atoms with Crippen LogP contribution in [0.4, 0.5) is 5.69 Å². The van der Waals surface area contributed by atoms with E-state index in [4.69, 9.17) is 9.47 Å². The van der Waals surface area contributed by atoms with Gasteiger partial charge in [-0.2, -0.15) is 0 Å².